The van der Waals surface area contributed by atoms with Gasteiger partial charge in [-0.05, 0) is 41.3 Å². The monoisotopic (exact) mass is 468 g/mol. The van der Waals surface area contributed by atoms with Crippen LogP contribution in [-0.4, -0.2) is 52.0 Å². The van der Waals surface area contributed by atoms with E-state index in [1.165, 1.54) is 0 Å². The van der Waals surface area contributed by atoms with Gasteiger partial charge in [0.15, 0.2) is 0 Å². The Balaban J connectivity index is 2.68. The van der Waals surface area contributed by atoms with E-state index in [2.05, 4.69) is 31.1 Å². The molecule has 0 aromatic heterocycles. The summed E-state index contributed by atoms with van der Waals surface area (Å²) >= 11 is 0. The number of benzene rings is 2. The van der Waals surface area contributed by atoms with Gasteiger partial charge in [-0.3, -0.25) is 10.1 Å². The van der Waals surface area contributed by atoms with Crippen LogP contribution in [0.2, 0.25) is 19.6 Å². The third kappa shape index (κ3) is 7.08. The number of nitrogens with zero attached hydrogens (tertiary/aromatic N) is 2. The van der Waals surface area contributed by atoms with Gasteiger partial charge in [0.2, 0.25) is 6.04 Å². The fourth-order valence-corrected chi connectivity index (χ4v) is 4.49. The van der Waals surface area contributed by atoms with Crippen LogP contribution < -0.4 is 9.64 Å². The maximum atomic E-state index is 12.6. The lowest BCUT2D eigenvalue weighted by Gasteiger charge is -2.30. The van der Waals surface area contributed by atoms with Crippen molar-refractivity contribution in [2.45, 2.75) is 44.4 Å². The van der Waals surface area contributed by atoms with Crippen molar-refractivity contribution in [2.24, 2.45) is 5.92 Å². The Kier molecular flexibility index (Phi) is 9.09. The molecule has 2 aromatic rings. The summed E-state index contributed by atoms with van der Waals surface area (Å²) in [5, 5.41) is 22.6. The van der Waals surface area contributed by atoms with Gasteiger partial charge in [0, 0.05) is 31.3 Å². The topological polar surface area (TPSA) is 75.8 Å². The molecule has 0 fully saturated rings. The van der Waals surface area contributed by atoms with Gasteiger partial charge in [0.1, 0.15) is 19.7 Å². The highest BCUT2D eigenvalue weighted by molar-refractivity contribution is 6.83. The van der Waals surface area contributed by atoms with E-state index in [1.807, 2.05) is 62.3 Å². The summed E-state index contributed by atoms with van der Waals surface area (Å²) in [5.74, 6) is 2.53. The molecule has 0 amide bonds. The third-order valence-corrected chi connectivity index (χ3v) is 6.62. The standard InChI is InChI=1S/C26H36N2O4Si/c1-19(18-29)25(21-10-14-23(32-4)15-11-21)26(28(30)31)24(16-17-33(5,6)7)20-8-12-22(13-9-20)27(2)3/h8-15,19,24-26,29H,18H2,1-7H3/t19-,24?,25-,26-/m1/s1. The van der Waals surface area contributed by atoms with Gasteiger partial charge in [-0.15, -0.1) is 5.54 Å². The van der Waals surface area contributed by atoms with E-state index in [0.29, 0.717) is 5.75 Å². The Bertz CT molecular complexity index is 973. The SMILES string of the molecule is COc1ccc([C@@H]([C@H](C)CO)[C@@H](C(C#C[Si](C)(C)C)c2ccc(N(C)C)cc2)[N+](=O)[O-])cc1. The number of nitro groups is 1. The second-order valence-electron chi connectivity index (χ2n) is 9.72. The lowest BCUT2D eigenvalue weighted by Crippen LogP contribution is -2.38. The summed E-state index contributed by atoms with van der Waals surface area (Å²) in [6.45, 7) is 8.08. The second-order valence-corrected chi connectivity index (χ2v) is 14.5. The lowest BCUT2D eigenvalue weighted by molar-refractivity contribution is -0.530. The van der Waals surface area contributed by atoms with Gasteiger partial charge in [-0.2, -0.15) is 0 Å². The zero-order valence-corrected chi connectivity index (χ0v) is 21.7. The molecule has 1 unspecified atom stereocenters. The van der Waals surface area contributed by atoms with Crippen molar-refractivity contribution in [1.82, 2.24) is 0 Å². The van der Waals surface area contributed by atoms with Crippen molar-refractivity contribution < 1.29 is 14.8 Å². The summed E-state index contributed by atoms with van der Waals surface area (Å²) in [5.41, 5.74) is 6.00. The van der Waals surface area contributed by atoms with Gasteiger partial charge in [-0.1, -0.05) is 56.8 Å². The summed E-state index contributed by atoms with van der Waals surface area (Å²) < 4.78 is 5.26. The Labute approximate surface area is 198 Å². The summed E-state index contributed by atoms with van der Waals surface area (Å²) in [4.78, 5) is 14.4. The molecule has 6 nitrogen and oxygen atoms in total. The fourth-order valence-electron chi connectivity index (χ4n) is 3.90. The molecule has 4 atom stereocenters. The number of ether oxygens (including phenoxy) is 1. The van der Waals surface area contributed by atoms with Crippen molar-refractivity contribution in [3.8, 4) is 17.2 Å². The van der Waals surface area contributed by atoms with Gasteiger partial charge in [0.05, 0.1) is 13.0 Å². The number of aliphatic hydroxyl groups is 1. The van der Waals surface area contributed by atoms with Crippen LogP contribution in [0.15, 0.2) is 48.5 Å². The predicted octanol–water partition coefficient (Wildman–Crippen LogP) is 4.78. The molecule has 0 aliphatic carbocycles. The lowest BCUT2D eigenvalue weighted by atomic mass is 9.75. The van der Waals surface area contributed by atoms with Crippen LogP contribution in [-0.2, 0) is 0 Å². The van der Waals surface area contributed by atoms with Crippen molar-refractivity contribution in [3.05, 3.63) is 69.8 Å². The number of aliphatic hydroxyl groups excluding tert-OH is 1. The zero-order valence-electron chi connectivity index (χ0n) is 20.7. The van der Waals surface area contributed by atoms with Crippen LogP contribution in [0.1, 0.15) is 29.9 Å². The average molecular weight is 469 g/mol. The van der Waals surface area contributed by atoms with Gasteiger partial charge in [0.25, 0.3) is 0 Å². The Morgan fingerprint density at radius 3 is 2.03 bits per heavy atom. The van der Waals surface area contributed by atoms with E-state index >= 15 is 0 Å². The molecule has 0 radical (unpaired) electrons. The molecule has 0 saturated carbocycles. The van der Waals surface area contributed by atoms with Crippen LogP contribution in [0, 0.1) is 27.5 Å². The highest BCUT2D eigenvalue weighted by Gasteiger charge is 2.43. The Hall–Kier alpha value is -2.82. The molecular weight excluding hydrogens is 432 g/mol. The van der Waals surface area contributed by atoms with Crippen LogP contribution in [0.3, 0.4) is 0 Å². The Morgan fingerprint density at radius 1 is 1.06 bits per heavy atom. The van der Waals surface area contributed by atoms with Gasteiger partial charge in [-0.25, -0.2) is 0 Å². The summed E-state index contributed by atoms with van der Waals surface area (Å²) in [6.07, 6.45) is 0. The first-order valence-electron chi connectivity index (χ1n) is 11.2. The number of rotatable bonds is 9. The molecule has 2 rings (SSSR count). The largest absolute Gasteiger partial charge is 0.497 e. The quantitative estimate of drug-likeness (QED) is 0.248. The first-order valence-corrected chi connectivity index (χ1v) is 14.7. The van der Waals surface area contributed by atoms with Crippen LogP contribution in [0.5, 0.6) is 5.75 Å². The van der Waals surface area contributed by atoms with E-state index in [0.717, 1.165) is 16.8 Å². The maximum Gasteiger partial charge on any atom is 0.237 e. The molecule has 0 aliphatic heterocycles. The van der Waals surface area contributed by atoms with E-state index < -0.39 is 26.0 Å². The van der Waals surface area contributed by atoms with E-state index in [1.54, 1.807) is 19.2 Å². The first-order chi connectivity index (χ1) is 15.5. The molecule has 0 aliphatic rings. The molecule has 0 bridgehead atoms. The minimum Gasteiger partial charge on any atom is -0.497 e. The molecule has 33 heavy (non-hydrogen) atoms. The summed E-state index contributed by atoms with van der Waals surface area (Å²) in [7, 11) is 3.72. The number of anilines is 1. The Morgan fingerprint density at radius 2 is 1.61 bits per heavy atom. The molecule has 178 valence electrons. The number of hydrogen-bond donors (Lipinski definition) is 1. The van der Waals surface area contributed by atoms with Crippen LogP contribution >= 0.6 is 0 Å². The predicted molar refractivity (Wildman–Crippen MR) is 137 cm³/mol. The molecule has 7 heteroatoms. The highest BCUT2D eigenvalue weighted by Crippen LogP contribution is 2.38. The highest BCUT2D eigenvalue weighted by atomic mass is 28.3. The molecule has 0 heterocycles. The zero-order chi connectivity index (χ0) is 24.8. The smallest absolute Gasteiger partial charge is 0.237 e. The second kappa shape index (κ2) is 11.3. The number of methoxy groups -OCH3 is 1. The normalized spacial score (nSPS) is 14.9. The van der Waals surface area contributed by atoms with Crippen LogP contribution in [0.25, 0.3) is 0 Å². The maximum absolute atomic E-state index is 12.6. The first kappa shape index (κ1) is 26.4. The van der Waals surface area contributed by atoms with E-state index in [4.69, 9.17) is 4.74 Å². The average Bonchev–Trinajstić information content (AvgIpc) is 2.77. The van der Waals surface area contributed by atoms with Gasteiger partial charge < -0.3 is 14.7 Å². The molecule has 0 saturated heterocycles. The van der Waals surface area contributed by atoms with Gasteiger partial charge >= 0.3 is 0 Å². The number of hydrogen-bond acceptors (Lipinski definition) is 5. The molecule has 1 N–H and O–H groups in total. The van der Waals surface area contributed by atoms with Crippen molar-refractivity contribution in [2.75, 3.05) is 32.7 Å². The van der Waals surface area contributed by atoms with Crippen molar-refractivity contribution in [1.29, 1.82) is 0 Å². The van der Waals surface area contributed by atoms with Crippen molar-refractivity contribution in [3.63, 3.8) is 0 Å². The van der Waals surface area contributed by atoms with E-state index in [-0.39, 0.29) is 17.4 Å². The molecule has 0 spiro atoms. The molecular formula is C26H36N2O4Si. The summed E-state index contributed by atoms with van der Waals surface area (Å²) in [6, 6.07) is 14.1. The third-order valence-electron chi connectivity index (χ3n) is 5.73. The fraction of sp³-hybridized carbons (Fsp3) is 0.462. The molecule has 2 aromatic carbocycles. The van der Waals surface area contributed by atoms with Crippen LogP contribution in [0.4, 0.5) is 5.69 Å². The van der Waals surface area contributed by atoms with Crippen molar-refractivity contribution >= 4 is 13.8 Å². The van der Waals surface area contributed by atoms with E-state index in [9.17, 15) is 15.2 Å². The minimum absolute atomic E-state index is 0.158. The minimum atomic E-state index is -1.78.